The summed E-state index contributed by atoms with van der Waals surface area (Å²) in [5.41, 5.74) is 3.77. The Kier molecular flexibility index (Phi) is 13.1. The molecule has 2 amide bonds. The van der Waals surface area contributed by atoms with Gasteiger partial charge in [0.25, 0.3) is 0 Å². The van der Waals surface area contributed by atoms with Crippen LogP contribution in [0, 0.1) is 0 Å². The van der Waals surface area contributed by atoms with Crippen LogP contribution < -0.4 is 35.4 Å². The number of nitrogens with one attached hydrogen (secondary N) is 8. The number of anilines is 4. The van der Waals surface area contributed by atoms with Gasteiger partial charge in [-0.15, -0.1) is 0 Å². The summed E-state index contributed by atoms with van der Waals surface area (Å²) in [6.45, 7) is 9.48. The van der Waals surface area contributed by atoms with E-state index in [9.17, 15) is 26.4 Å². The normalized spacial score (nSPS) is 23.4. The maximum absolute atomic E-state index is 12.6. The lowest BCUT2D eigenvalue weighted by atomic mass is 9.85. The SMILES string of the molecule is CC(C)NC(=O)OC1CCC(c2cc(Nc3cccc4c3CNS4(=O)=O)n[nH]2)CC1.CC(C)NC(=O)O[C@@H]1CC[C@H](c2cc(Nc3cccc4c3S(=O)(=O)NC(C)O4)n[nH]2)C1. The minimum Gasteiger partial charge on any atom is -0.473 e. The molecule has 1 unspecified atom stereocenters. The van der Waals surface area contributed by atoms with E-state index in [1.807, 2.05) is 45.9 Å². The van der Waals surface area contributed by atoms with Gasteiger partial charge in [0, 0.05) is 65.2 Å². The highest BCUT2D eigenvalue weighted by atomic mass is 32.2. The third-order valence-corrected chi connectivity index (χ3v) is 13.8. The first kappa shape index (κ1) is 43.7. The molecule has 0 bridgehead atoms. The fourth-order valence-electron chi connectivity index (χ4n) is 8.00. The first-order valence-corrected chi connectivity index (χ1v) is 23.5. The van der Waals surface area contributed by atoms with Crippen molar-refractivity contribution >= 4 is 55.2 Å². The van der Waals surface area contributed by atoms with E-state index < -0.39 is 32.4 Å². The van der Waals surface area contributed by atoms with Crippen molar-refractivity contribution in [2.75, 3.05) is 10.6 Å². The molecule has 2 fully saturated rings. The summed E-state index contributed by atoms with van der Waals surface area (Å²) >= 11 is 0. The smallest absolute Gasteiger partial charge is 0.407 e. The average molecular weight is 883 g/mol. The van der Waals surface area contributed by atoms with Crippen LogP contribution in [0.25, 0.3) is 0 Å². The van der Waals surface area contributed by atoms with Crippen molar-refractivity contribution < 1.29 is 40.6 Å². The van der Waals surface area contributed by atoms with Gasteiger partial charge in [-0.2, -0.15) is 14.9 Å². The van der Waals surface area contributed by atoms with Crippen LogP contribution in [-0.2, 0) is 36.1 Å². The minimum absolute atomic E-state index is 0.0299. The predicted octanol–water partition coefficient (Wildman–Crippen LogP) is 6.05. The largest absolute Gasteiger partial charge is 0.473 e. The van der Waals surface area contributed by atoms with E-state index in [4.69, 9.17) is 14.2 Å². The summed E-state index contributed by atoms with van der Waals surface area (Å²) < 4.78 is 70.8. The lowest BCUT2D eigenvalue weighted by Gasteiger charge is -2.27. The Bertz CT molecular complexity index is 2430. The van der Waals surface area contributed by atoms with E-state index in [1.165, 1.54) is 0 Å². The average Bonchev–Trinajstić information content (AvgIpc) is 4.00. The Morgan fingerprint density at radius 3 is 1.95 bits per heavy atom. The topological polar surface area (TPSA) is 260 Å². The first-order chi connectivity index (χ1) is 29.0. The zero-order valence-corrected chi connectivity index (χ0v) is 36.3. The number of hydrogen-bond acceptors (Lipinski definition) is 13. The molecule has 8 N–H and O–H groups in total. The summed E-state index contributed by atoms with van der Waals surface area (Å²) in [6, 6.07) is 14.1. The molecule has 0 saturated heterocycles. The van der Waals surface area contributed by atoms with Gasteiger partial charge in [-0.1, -0.05) is 12.1 Å². The molecule has 4 heterocycles. The highest BCUT2D eigenvalue weighted by Crippen LogP contribution is 2.39. The molecule has 61 heavy (non-hydrogen) atoms. The number of nitrogens with zero attached hydrogens (tertiary/aromatic N) is 2. The quantitative estimate of drug-likeness (QED) is 0.0904. The van der Waals surface area contributed by atoms with Crippen molar-refractivity contribution in [1.82, 2.24) is 40.5 Å². The van der Waals surface area contributed by atoms with Crippen LogP contribution in [0.1, 0.15) is 108 Å². The minimum atomic E-state index is -3.71. The number of aromatic amines is 2. The number of alkyl carbamates (subject to hydrolysis) is 2. The summed E-state index contributed by atoms with van der Waals surface area (Å²) in [7, 11) is -7.12. The molecule has 2 saturated carbocycles. The van der Waals surface area contributed by atoms with Crippen molar-refractivity contribution in [2.24, 2.45) is 0 Å². The molecule has 3 atom stereocenters. The Balaban J connectivity index is 0.000000184. The second kappa shape index (κ2) is 18.3. The number of hydrogen-bond donors (Lipinski definition) is 8. The highest BCUT2D eigenvalue weighted by Gasteiger charge is 2.34. The molecule has 0 spiro atoms. The van der Waals surface area contributed by atoms with Crippen molar-refractivity contribution in [2.45, 2.75) is 138 Å². The van der Waals surface area contributed by atoms with Crippen LogP contribution in [0.3, 0.4) is 0 Å². The standard InChI is InChI=1S/C20H27N5O5S.C20H27N5O4S/c1-11(2)21-20(26)30-14-8-7-13(9-14)16-10-18(24-23-16)22-15-5-4-6-17-19(15)31(27,28)25-12(3)29-17;1-12(2)22-20(26)29-14-8-6-13(7-9-14)17-10-19(25-24-17)23-16-4-3-5-18-15(16)11-21-30(18,27)28/h4-6,10-14,25H,7-9H2,1-3H3,(H,21,26)(H2,22,23,24);3-5,10,12-14,21H,6-9,11H2,1-2H3,(H,22,26)(H2,23,24,25)/t12?,13-,14+;/m0./s1. The van der Waals surface area contributed by atoms with Crippen molar-refractivity contribution in [3.05, 3.63) is 65.5 Å². The van der Waals surface area contributed by atoms with E-state index in [0.29, 0.717) is 40.3 Å². The Labute approximate surface area is 355 Å². The number of fused-ring (bicyclic) bond motifs is 2. The fraction of sp³-hybridized carbons (Fsp3) is 0.500. The Hall–Kier alpha value is -5.38. The molecule has 2 aliphatic heterocycles. The maximum atomic E-state index is 12.6. The molecule has 21 heteroatoms. The second-order valence-electron chi connectivity index (χ2n) is 16.3. The number of ether oxygens (including phenoxy) is 3. The highest BCUT2D eigenvalue weighted by molar-refractivity contribution is 7.90. The third-order valence-electron chi connectivity index (χ3n) is 10.8. The monoisotopic (exact) mass is 882 g/mol. The van der Waals surface area contributed by atoms with Crippen LogP contribution in [0.5, 0.6) is 5.75 Å². The Morgan fingerprint density at radius 2 is 1.30 bits per heavy atom. The molecule has 2 aliphatic carbocycles. The number of benzene rings is 2. The van der Waals surface area contributed by atoms with Gasteiger partial charge in [-0.3, -0.25) is 10.2 Å². The van der Waals surface area contributed by atoms with Gasteiger partial charge in [-0.25, -0.2) is 31.1 Å². The molecule has 330 valence electrons. The van der Waals surface area contributed by atoms with Gasteiger partial charge >= 0.3 is 12.2 Å². The van der Waals surface area contributed by atoms with Crippen LogP contribution >= 0.6 is 0 Å². The van der Waals surface area contributed by atoms with E-state index in [2.05, 4.69) is 51.1 Å². The molecule has 4 aromatic rings. The van der Waals surface area contributed by atoms with Gasteiger partial charge in [0.2, 0.25) is 20.0 Å². The van der Waals surface area contributed by atoms with E-state index >= 15 is 0 Å². The molecule has 4 aliphatic rings. The van der Waals surface area contributed by atoms with E-state index in [1.54, 1.807) is 37.3 Å². The van der Waals surface area contributed by atoms with Crippen LogP contribution in [0.15, 0.2) is 58.3 Å². The number of carbonyl (C=O) groups excluding carboxylic acids is 2. The number of amides is 2. The van der Waals surface area contributed by atoms with Crippen LogP contribution in [-0.4, -0.2) is 79.9 Å². The zero-order chi connectivity index (χ0) is 43.5. The molecule has 2 aromatic heterocycles. The lowest BCUT2D eigenvalue weighted by Crippen LogP contribution is -2.41. The van der Waals surface area contributed by atoms with Gasteiger partial charge in [0.15, 0.2) is 17.9 Å². The number of sulfonamides is 2. The van der Waals surface area contributed by atoms with Crippen molar-refractivity contribution in [1.29, 1.82) is 0 Å². The fourth-order valence-corrected chi connectivity index (χ4v) is 10.6. The van der Waals surface area contributed by atoms with Gasteiger partial charge < -0.3 is 35.5 Å². The third kappa shape index (κ3) is 10.7. The van der Waals surface area contributed by atoms with E-state index in [-0.39, 0.29) is 47.7 Å². The first-order valence-electron chi connectivity index (χ1n) is 20.6. The maximum Gasteiger partial charge on any atom is 0.407 e. The summed E-state index contributed by atoms with van der Waals surface area (Å²) in [5.74, 6) is 1.95. The van der Waals surface area contributed by atoms with E-state index in [0.717, 1.165) is 61.2 Å². The zero-order valence-electron chi connectivity index (χ0n) is 34.7. The van der Waals surface area contributed by atoms with Crippen molar-refractivity contribution in [3.8, 4) is 5.75 Å². The van der Waals surface area contributed by atoms with Gasteiger partial charge in [-0.05, 0) is 104 Å². The molecule has 19 nitrogen and oxygen atoms in total. The predicted molar refractivity (Wildman–Crippen MR) is 226 cm³/mol. The molecule has 8 rings (SSSR count). The molecular formula is C40H54N10O9S2. The number of aromatic nitrogens is 4. The summed E-state index contributed by atoms with van der Waals surface area (Å²) in [4.78, 5) is 24.0. The molecule has 2 aromatic carbocycles. The molecule has 0 radical (unpaired) electrons. The Morgan fingerprint density at radius 1 is 0.738 bits per heavy atom. The van der Waals surface area contributed by atoms with Crippen molar-refractivity contribution in [3.63, 3.8) is 0 Å². The number of rotatable bonds is 10. The summed E-state index contributed by atoms with van der Waals surface area (Å²) in [6.07, 6.45) is 4.22. The van der Waals surface area contributed by atoms with Gasteiger partial charge in [0.1, 0.15) is 22.9 Å². The van der Waals surface area contributed by atoms with Gasteiger partial charge in [0.05, 0.1) is 10.6 Å². The van der Waals surface area contributed by atoms with Crippen LogP contribution in [0.4, 0.5) is 32.6 Å². The lowest BCUT2D eigenvalue weighted by molar-refractivity contribution is 0.0696. The number of carbonyl (C=O) groups is 2. The summed E-state index contributed by atoms with van der Waals surface area (Å²) in [5, 5.41) is 26.5. The number of H-pyrrole nitrogens is 2. The second-order valence-corrected chi connectivity index (χ2v) is 19.7. The molecular weight excluding hydrogens is 829 g/mol. The van der Waals surface area contributed by atoms with Crippen LogP contribution in [0.2, 0.25) is 0 Å².